The van der Waals surface area contributed by atoms with Crippen LogP contribution < -0.4 is 0 Å². The number of thioether (sulfide) groups is 1. The van der Waals surface area contributed by atoms with E-state index < -0.39 is 0 Å². The topological polar surface area (TPSA) is 75.6 Å². The number of aromatic nitrogens is 3. The lowest BCUT2D eigenvalue weighted by atomic mass is 10.4. The van der Waals surface area contributed by atoms with E-state index >= 15 is 0 Å². The van der Waals surface area contributed by atoms with E-state index in [4.69, 9.17) is 9.68 Å². The Morgan fingerprint density at radius 1 is 1.39 bits per heavy atom. The molecule has 18 heavy (non-hydrogen) atoms. The van der Waals surface area contributed by atoms with Crippen LogP contribution in [0.3, 0.4) is 0 Å². The summed E-state index contributed by atoms with van der Waals surface area (Å²) in [7, 11) is 0. The lowest BCUT2D eigenvalue weighted by molar-refractivity contribution is 0.466. The van der Waals surface area contributed by atoms with E-state index in [1.165, 1.54) is 11.8 Å². The number of nitrogens with zero attached hydrogens (tertiary/aromatic N) is 4. The van der Waals surface area contributed by atoms with Crippen molar-refractivity contribution in [3.8, 4) is 16.8 Å². The predicted molar refractivity (Wildman–Crippen MR) is 70.5 cm³/mol. The SMILES string of the molecule is Cc1nc(C)c(-c2nnc(SCCCC#N)o2)s1. The van der Waals surface area contributed by atoms with Gasteiger partial charge in [-0.05, 0) is 20.3 Å². The van der Waals surface area contributed by atoms with Crippen LogP contribution >= 0.6 is 23.1 Å². The van der Waals surface area contributed by atoms with E-state index in [2.05, 4.69) is 21.3 Å². The molecule has 7 heteroatoms. The Labute approximate surface area is 113 Å². The third-order valence-corrected chi connectivity index (χ3v) is 4.13. The zero-order chi connectivity index (χ0) is 13.0. The highest BCUT2D eigenvalue weighted by Gasteiger charge is 2.14. The fourth-order valence-corrected chi connectivity index (χ4v) is 2.94. The number of thiazole rings is 1. The van der Waals surface area contributed by atoms with Gasteiger partial charge in [-0.25, -0.2) is 4.98 Å². The minimum Gasteiger partial charge on any atom is -0.410 e. The van der Waals surface area contributed by atoms with Gasteiger partial charge >= 0.3 is 0 Å². The van der Waals surface area contributed by atoms with Crippen molar-refractivity contribution in [2.45, 2.75) is 31.9 Å². The average molecular weight is 280 g/mol. The van der Waals surface area contributed by atoms with Crippen molar-refractivity contribution in [2.24, 2.45) is 0 Å². The van der Waals surface area contributed by atoms with Crippen molar-refractivity contribution < 1.29 is 4.42 Å². The van der Waals surface area contributed by atoms with Crippen LogP contribution in [0.1, 0.15) is 23.5 Å². The molecule has 0 saturated heterocycles. The van der Waals surface area contributed by atoms with Crippen LogP contribution in [-0.2, 0) is 0 Å². The van der Waals surface area contributed by atoms with Crippen molar-refractivity contribution in [2.75, 3.05) is 5.75 Å². The van der Waals surface area contributed by atoms with Crippen molar-refractivity contribution >= 4 is 23.1 Å². The monoisotopic (exact) mass is 280 g/mol. The number of nitriles is 1. The molecule has 2 aromatic rings. The third kappa shape index (κ3) is 3.09. The molecule has 5 nitrogen and oxygen atoms in total. The van der Waals surface area contributed by atoms with E-state index in [0.717, 1.165) is 27.8 Å². The third-order valence-electron chi connectivity index (χ3n) is 2.16. The molecule has 0 aliphatic heterocycles. The summed E-state index contributed by atoms with van der Waals surface area (Å²) in [5, 5.41) is 18.0. The molecule has 0 aliphatic carbocycles. The summed E-state index contributed by atoms with van der Waals surface area (Å²) in [5.41, 5.74) is 0.919. The molecule has 0 bridgehead atoms. The zero-order valence-electron chi connectivity index (χ0n) is 10.1. The van der Waals surface area contributed by atoms with Gasteiger partial charge in [0.25, 0.3) is 11.1 Å². The van der Waals surface area contributed by atoms with E-state index in [1.807, 2.05) is 13.8 Å². The molecule has 0 aromatic carbocycles. The first-order valence-electron chi connectivity index (χ1n) is 5.48. The summed E-state index contributed by atoms with van der Waals surface area (Å²) in [5.74, 6) is 1.34. The Bertz CT molecular complexity index is 570. The molecule has 0 atom stereocenters. The van der Waals surface area contributed by atoms with Gasteiger partial charge in [0.15, 0.2) is 0 Å². The summed E-state index contributed by atoms with van der Waals surface area (Å²) in [6.45, 7) is 3.89. The summed E-state index contributed by atoms with van der Waals surface area (Å²) in [6, 6.07) is 2.11. The first kappa shape index (κ1) is 13.1. The van der Waals surface area contributed by atoms with Crippen LogP contribution in [0.4, 0.5) is 0 Å². The first-order chi connectivity index (χ1) is 8.70. The van der Waals surface area contributed by atoms with Crippen molar-refractivity contribution in [1.29, 1.82) is 5.26 Å². The molecule has 2 heterocycles. The van der Waals surface area contributed by atoms with Crippen molar-refractivity contribution in [1.82, 2.24) is 15.2 Å². The van der Waals surface area contributed by atoms with Crippen LogP contribution in [0.5, 0.6) is 0 Å². The first-order valence-corrected chi connectivity index (χ1v) is 7.28. The maximum atomic E-state index is 8.43. The Morgan fingerprint density at radius 2 is 2.22 bits per heavy atom. The van der Waals surface area contributed by atoms with Crippen LogP contribution in [0.25, 0.3) is 10.8 Å². The Balaban J connectivity index is 2.02. The molecule has 0 radical (unpaired) electrons. The molecule has 0 N–H and O–H groups in total. The van der Waals surface area contributed by atoms with Crippen LogP contribution in [0.15, 0.2) is 9.64 Å². The fraction of sp³-hybridized carbons (Fsp3) is 0.455. The summed E-state index contributed by atoms with van der Waals surface area (Å²) in [6.07, 6.45) is 1.39. The number of hydrogen-bond acceptors (Lipinski definition) is 7. The number of hydrogen-bond donors (Lipinski definition) is 0. The normalized spacial score (nSPS) is 10.5. The smallest absolute Gasteiger partial charge is 0.276 e. The van der Waals surface area contributed by atoms with E-state index in [-0.39, 0.29) is 0 Å². The molecule has 2 rings (SSSR count). The van der Waals surface area contributed by atoms with Gasteiger partial charge in [0.05, 0.1) is 16.8 Å². The molecule has 2 aromatic heterocycles. The highest BCUT2D eigenvalue weighted by Crippen LogP contribution is 2.30. The van der Waals surface area contributed by atoms with Gasteiger partial charge in [-0.1, -0.05) is 11.8 Å². The molecule has 94 valence electrons. The maximum Gasteiger partial charge on any atom is 0.276 e. The predicted octanol–water partition coefficient (Wildman–Crippen LogP) is 3.21. The van der Waals surface area contributed by atoms with Crippen LogP contribution in [-0.4, -0.2) is 20.9 Å². The molecule has 0 spiro atoms. The van der Waals surface area contributed by atoms with Gasteiger partial charge in [-0.3, -0.25) is 0 Å². The van der Waals surface area contributed by atoms with Gasteiger partial charge < -0.3 is 4.42 Å². The van der Waals surface area contributed by atoms with Gasteiger partial charge in [0.1, 0.15) is 4.88 Å². The summed E-state index contributed by atoms with van der Waals surface area (Å²) >= 11 is 3.03. The van der Waals surface area contributed by atoms with Crippen LogP contribution in [0.2, 0.25) is 0 Å². The van der Waals surface area contributed by atoms with Crippen molar-refractivity contribution in [3.05, 3.63) is 10.7 Å². The minimum atomic E-state index is 0.529. The molecule has 0 saturated carbocycles. The Kier molecular flexibility index (Phi) is 4.33. The average Bonchev–Trinajstić information content (AvgIpc) is 2.91. The van der Waals surface area contributed by atoms with E-state index in [9.17, 15) is 0 Å². The van der Waals surface area contributed by atoms with Crippen LogP contribution in [0, 0.1) is 25.2 Å². The molecule has 0 amide bonds. The Hall–Kier alpha value is -1.39. The van der Waals surface area contributed by atoms with E-state index in [0.29, 0.717) is 17.5 Å². The fourth-order valence-electron chi connectivity index (χ4n) is 1.40. The Morgan fingerprint density at radius 3 is 2.89 bits per heavy atom. The van der Waals surface area contributed by atoms with Gasteiger partial charge in [-0.2, -0.15) is 5.26 Å². The molecule has 0 unspecified atom stereocenters. The van der Waals surface area contributed by atoms with Gasteiger partial charge in [0.2, 0.25) is 0 Å². The zero-order valence-corrected chi connectivity index (χ0v) is 11.8. The lowest BCUT2D eigenvalue weighted by Gasteiger charge is -1.91. The second kappa shape index (κ2) is 5.98. The summed E-state index contributed by atoms with van der Waals surface area (Å²) in [4.78, 5) is 5.27. The van der Waals surface area contributed by atoms with Crippen molar-refractivity contribution in [3.63, 3.8) is 0 Å². The quantitative estimate of drug-likeness (QED) is 0.618. The largest absolute Gasteiger partial charge is 0.410 e. The number of unbranched alkanes of at least 4 members (excludes halogenated alkanes) is 1. The van der Waals surface area contributed by atoms with Gasteiger partial charge in [0, 0.05) is 12.2 Å². The summed E-state index contributed by atoms with van der Waals surface area (Å²) < 4.78 is 5.57. The number of rotatable bonds is 5. The van der Waals surface area contributed by atoms with E-state index in [1.54, 1.807) is 11.3 Å². The molecular formula is C11H12N4OS2. The molecular weight excluding hydrogens is 268 g/mol. The highest BCUT2D eigenvalue weighted by atomic mass is 32.2. The highest BCUT2D eigenvalue weighted by molar-refractivity contribution is 7.99. The second-order valence-corrected chi connectivity index (χ2v) is 5.88. The standard InChI is InChI=1S/C11H12N4OS2/c1-7-9(18-8(2)13-7)10-14-15-11(16-10)17-6-4-3-5-12/h3-4,6H2,1-2H3. The molecule has 0 fully saturated rings. The number of aryl methyl sites for hydroxylation is 2. The lowest BCUT2D eigenvalue weighted by Crippen LogP contribution is -1.78. The molecule has 0 aliphatic rings. The maximum absolute atomic E-state index is 8.43. The minimum absolute atomic E-state index is 0.529. The van der Waals surface area contributed by atoms with Gasteiger partial charge in [-0.15, -0.1) is 21.5 Å². The second-order valence-electron chi connectivity index (χ2n) is 3.63.